The maximum absolute atomic E-state index is 9.12. The minimum atomic E-state index is 0.239. The van der Waals surface area contributed by atoms with E-state index in [1.165, 1.54) is 6.20 Å². The van der Waals surface area contributed by atoms with Crippen LogP contribution in [0.1, 0.15) is 5.82 Å². The third kappa shape index (κ3) is 2.59. The van der Waals surface area contributed by atoms with E-state index in [9.17, 15) is 0 Å². The Morgan fingerprint density at radius 2 is 2.29 bits per heavy atom. The van der Waals surface area contributed by atoms with E-state index in [1.54, 1.807) is 6.20 Å². The highest BCUT2D eigenvalue weighted by Gasteiger charge is 2.07. The minimum Gasteiger partial charge on any atom is -0.359 e. The molecule has 3 aromatic rings. The van der Waals surface area contributed by atoms with Crippen molar-refractivity contribution in [1.82, 2.24) is 25.6 Å². The number of aromatic amines is 1. The number of tetrazole rings is 1. The summed E-state index contributed by atoms with van der Waals surface area (Å²) in [5, 5.41) is 26.4. The quantitative estimate of drug-likeness (QED) is 0.709. The molecule has 0 aliphatic rings. The van der Waals surface area contributed by atoms with Gasteiger partial charge in [0, 0.05) is 17.8 Å². The van der Waals surface area contributed by atoms with Crippen LogP contribution >= 0.6 is 15.9 Å². The largest absolute Gasteiger partial charge is 0.359 e. The molecule has 0 aliphatic carbocycles. The topological polar surface area (TPSA) is 103 Å². The molecule has 2 heterocycles. The van der Waals surface area contributed by atoms with E-state index in [-0.39, 0.29) is 11.4 Å². The van der Waals surface area contributed by atoms with Crippen LogP contribution in [-0.2, 0) is 0 Å². The van der Waals surface area contributed by atoms with Gasteiger partial charge in [-0.1, -0.05) is 6.07 Å². The van der Waals surface area contributed by atoms with Crippen LogP contribution in [0.15, 0.2) is 41.1 Å². The summed E-state index contributed by atoms with van der Waals surface area (Å²) in [4.78, 5) is 4.28. The Bertz CT molecular complexity index is 849. The van der Waals surface area contributed by atoms with Crippen molar-refractivity contribution in [3.63, 3.8) is 0 Å². The zero-order valence-corrected chi connectivity index (χ0v) is 12.2. The second-order valence-corrected chi connectivity index (χ2v) is 4.84. The first-order chi connectivity index (χ1) is 10.3. The van der Waals surface area contributed by atoms with Gasteiger partial charge < -0.3 is 5.32 Å². The summed E-state index contributed by atoms with van der Waals surface area (Å²) < 4.78 is 0.870. The number of hydrogen-bond acceptors (Lipinski definition) is 6. The molecule has 0 bridgehead atoms. The fraction of sp³-hybridized carbons (Fsp3) is 0. The van der Waals surface area contributed by atoms with Gasteiger partial charge in [-0.05, 0) is 39.3 Å². The first kappa shape index (κ1) is 13.2. The lowest BCUT2D eigenvalue weighted by molar-refractivity contribution is 0.881. The number of nitriles is 1. The van der Waals surface area contributed by atoms with Crippen molar-refractivity contribution in [2.24, 2.45) is 0 Å². The summed E-state index contributed by atoms with van der Waals surface area (Å²) >= 11 is 3.54. The van der Waals surface area contributed by atoms with Crippen LogP contribution in [0.5, 0.6) is 0 Å². The van der Waals surface area contributed by atoms with E-state index < -0.39 is 0 Å². The van der Waals surface area contributed by atoms with Gasteiger partial charge >= 0.3 is 0 Å². The monoisotopic (exact) mass is 341 g/mol. The van der Waals surface area contributed by atoms with Crippen LogP contribution in [0.4, 0.5) is 5.69 Å². The molecule has 0 saturated carbocycles. The van der Waals surface area contributed by atoms with Crippen LogP contribution < -0.4 is 5.32 Å². The molecular formula is C13H8BrN7. The lowest BCUT2D eigenvalue weighted by Gasteiger charge is -2.07. The average molecular weight is 342 g/mol. The summed E-state index contributed by atoms with van der Waals surface area (Å²) in [6.07, 6.45) is 3.28. The number of benzene rings is 1. The molecule has 0 fully saturated rings. The number of rotatable bonds is 3. The Morgan fingerprint density at radius 1 is 1.38 bits per heavy atom. The highest BCUT2D eigenvalue weighted by atomic mass is 79.9. The smallest absolute Gasteiger partial charge is 0.216 e. The van der Waals surface area contributed by atoms with E-state index in [2.05, 4.69) is 46.9 Å². The van der Waals surface area contributed by atoms with Crippen molar-refractivity contribution in [2.45, 2.75) is 0 Å². The minimum absolute atomic E-state index is 0.239. The summed E-state index contributed by atoms with van der Waals surface area (Å²) in [6, 6.07) is 9.62. The van der Waals surface area contributed by atoms with E-state index >= 15 is 0 Å². The third-order valence-electron chi connectivity index (χ3n) is 2.80. The number of aromatic nitrogens is 5. The van der Waals surface area contributed by atoms with E-state index in [1.807, 2.05) is 30.3 Å². The fourth-order valence-corrected chi connectivity index (χ4v) is 2.38. The molecule has 21 heavy (non-hydrogen) atoms. The predicted molar refractivity (Wildman–Crippen MR) is 80.8 cm³/mol. The van der Waals surface area contributed by atoms with E-state index in [4.69, 9.17) is 5.26 Å². The van der Waals surface area contributed by atoms with Gasteiger partial charge in [0.15, 0.2) is 0 Å². The van der Waals surface area contributed by atoms with E-state index in [0.29, 0.717) is 0 Å². The number of anilines is 1. The SMILES string of the molecule is N#CC(=CNc1ccc2ncccc2c1Br)c1nn[nH]n1. The van der Waals surface area contributed by atoms with Crippen molar-refractivity contribution in [3.05, 3.63) is 47.0 Å². The zero-order chi connectivity index (χ0) is 14.7. The molecule has 2 aromatic heterocycles. The van der Waals surface area contributed by atoms with Crippen LogP contribution in [-0.4, -0.2) is 25.6 Å². The second kappa shape index (κ2) is 5.68. The molecule has 1 aromatic carbocycles. The van der Waals surface area contributed by atoms with Gasteiger partial charge in [-0.2, -0.15) is 10.5 Å². The van der Waals surface area contributed by atoms with Gasteiger partial charge in [0.2, 0.25) is 5.82 Å². The molecule has 2 N–H and O–H groups in total. The van der Waals surface area contributed by atoms with Gasteiger partial charge in [0.05, 0.1) is 15.7 Å². The number of pyridine rings is 1. The normalized spacial score (nSPS) is 11.3. The molecule has 0 radical (unpaired) electrons. The van der Waals surface area contributed by atoms with Crippen molar-refractivity contribution < 1.29 is 0 Å². The molecule has 0 spiro atoms. The van der Waals surface area contributed by atoms with Crippen LogP contribution in [0, 0.1) is 11.3 Å². The zero-order valence-electron chi connectivity index (χ0n) is 10.6. The Labute approximate surface area is 127 Å². The van der Waals surface area contributed by atoms with Crippen molar-refractivity contribution in [3.8, 4) is 6.07 Å². The molecule has 0 aliphatic heterocycles. The maximum atomic E-state index is 9.12. The summed E-state index contributed by atoms with van der Waals surface area (Å²) in [5.41, 5.74) is 1.98. The summed E-state index contributed by atoms with van der Waals surface area (Å²) in [7, 11) is 0. The van der Waals surface area contributed by atoms with Crippen LogP contribution in [0.3, 0.4) is 0 Å². The Kier molecular flexibility index (Phi) is 3.57. The Hall–Kier alpha value is -2.79. The molecular weight excluding hydrogens is 334 g/mol. The number of nitrogens with one attached hydrogen (secondary N) is 2. The molecule has 0 amide bonds. The molecule has 8 heteroatoms. The summed E-state index contributed by atoms with van der Waals surface area (Å²) in [5.74, 6) is 0.239. The highest BCUT2D eigenvalue weighted by molar-refractivity contribution is 9.10. The van der Waals surface area contributed by atoms with Gasteiger partial charge in [-0.3, -0.25) is 4.98 Å². The van der Waals surface area contributed by atoms with Gasteiger partial charge in [0.1, 0.15) is 11.6 Å². The first-order valence-corrected chi connectivity index (χ1v) is 6.73. The fourth-order valence-electron chi connectivity index (χ4n) is 1.80. The number of hydrogen-bond donors (Lipinski definition) is 2. The molecule has 7 nitrogen and oxygen atoms in total. The van der Waals surface area contributed by atoms with Crippen molar-refractivity contribution >= 4 is 38.1 Å². The van der Waals surface area contributed by atoms with Gasteiger partial charge in [0.25, 0.3) is 0 Å². The Morgan fingerprint density at radius 3 is 3.05 bits per heavy atom. The number of allylic oxidation sites excluding steroid dienone is 1. The standard InChI is InChI=1S/C13H8BrN7/c14-12-9-2-1-5-16-10(9)3-4-11(12)17-7-8(6-15)13-18-20-21-19-13/h1-5,7,17H,(H,18,19,20,21). The van der Waals surface area contributed by atoms with Crippen molar-refractivity contribution in [1.29, 1.82) is 5.26 Å². The highest BCUT2D eigenvalue weighted by Crippen LogP contribution is 2.30. The lowest BCUT2D eigenvalue weighted by atomic mass is 10.2. The molecule has 3 rings (SSSR count). The molecule has 0 atom stereocenters. The Balaban J connectivity index is 1.95. The van der Waals surface area contributed by atoms with Crippen LogP contribution in [0.2, 0.25) is 0 Å². The lowest BCUT2D eigenvalue weighted by Crippen LogP contribution is -1.94. The first-order valence-electron chi connectivity index (χ1n) is 5.93. The van der Waals surface area contributed by atoms with Gasteiger partial charge in [-0.15, -0.1) is 10.2 Å². The van der Waals surface area contributed by atoms with Crippen molar-refractivity contribution in [2.75, 3.05) is 5.32 Å². The maximum Gasteiger partial charge on any atom is 0.216 e. The van der Waals surface area contributed by atoms with Gasteiger partial charge in [-0.25, -0.2) is 0 Å². The molecule has 102 valence electrons. The third-order valence-corrected chi connectivity index (χ3v) is 3.65. The van der Waals surface area contributed by atoms with E-state index in [0.717, 1.165) is 21.1 Å². The second-order valence-electron chi connectivity index (χ2n) is 4.05. The predicted octanol–water partition coefficient (Wildman–Crippen LogP) is 2.49. The molecule has 0 unspecified atom stereocenters. The summed E-state index contributed by atoms with van der Waals surface area (Å²) in [6.45, 7) is 0. The number of halogens is 1. The van der Waals surface area contributed by atoms with Crippen LogP contribution in [0.25, 0.3) is 16.5 Å². The number of fused-ring (bicyclic) bond motifs is 1. The number of H-pyrrole nitrogens is 1. The number of nitrogens with zero attached hydrogens (tertiary/aromatic N) is 5. The average Bonchev–Trinajstić information content (AvgIpc) is 3.04. The molecule has 0 saturated heterocycles.